The van der Waals surface area contributed by atoms with Gasteiger partial charge in [0.25, 0.3) is 0 Å². The van der Waals surface area contributed by atoms with Crippen molar-refractivity contribution in [2.24, 2.45) is 0 Å². The lowest BCUT2D eigenvalue weighted by molar-refractivity contribution is -0.138. The van der Waals surface area contributed by atoms with E-state index in [0.717, 1.165) is 24.0 Å². The van der Waals surface area contributed by atoms with Gasteiger partial charge in [-0.3, -0.25) is 9.48 Å². The van der Waals surface area contributed by atoms with Gasteiger partial charge in [0.05, 0.1) is 25.6 Å². The number of nitrogens with one attached hydrogen (secondary N) is 1. The molecular formula is C10H14F3N3O4S. The highest BCUT2D eigenvalue weighted by Gasteiger charge is 2.32. The van der Waals surface area contributed by atoms with Crippen LogP contribution in [0.2, 0.25) is 0 Å². The summed E-state index contributed by atoms with van der Waals surface area (Å²) in [6, 6.07) is -1.32. The number of alkyl halides is 3. The second-order valence-corrected chi connectivity index (χ2v) is 6.14. The smallest absolute Gasteiger partial charge is 0.390 e. The average molecular weight is 329 g/mol. The first kappa shape index (κ1) is 17.4. The molecule has 0 fully saturated rings. The Kier molecular flexibility index (Phi) is 5.34. The first-order chi connectivity index (χ1) is 9.49. The lowest BCUT2D eigenvalue weighted by Gasteiger charge is -2.15. The Morgan fingerprint density at radius 1 is 1.52 bits per heavy atom. The molecule has 1 rings (SSSR count). The molecule has 0 saturated carbocycles. The van der Waals surface area contributed by atoms with Crippen LogP contribution in [0.15, 0.2) is 17.3 Å². The zero-order valence-electron chi connectivity index (χ0n) is 11.0. The maximum atomic E-state index is 12.2. The van der Waals surface area contributed by atoms with Crippen molar-refractivity contribution in [1.29, 1.82) is 0 Å². The molecule has 0 saturated heterocycles. The summed E-state index contributed by atoms with van der Waals surface area (Å²) in [5.74, 6) is -1.08. The molecule has 0 radical (unpaired) electrons. The summed E-state index contributed by atoms with van der Waals surface area (Å²) in [7, 11) is -4.13. The van der Waals surface area contributed by atoms with Gasteiger partial charge >= 0.3 is 12.1 Å². The van der Waals surface area contributed by atoms with Crippen LogP contribution in [0.4, 0.5) is 13.2 Å². The number of nitrogens with zero attached hydrogens (tertiary/aromatic N) is 2. The van der Waals surface area contributed by atoms with Gasteiger partial charge in [-0.15, -0.1) is 0 Å². The Hall–Kier alpha value is -1.62. The fraction of sp³-hybridized carbons (Fsp3) is 0.600. The molecule has 0 aliphatic heterocycles. The van der Waals surface area contributed by atoms with E-state index >= 15 is 0 Å². The van der Waals surface area contributed by atoms with E-state index in [2.05, 4.69) is 5.10 Å². The molecule has 0 aliphatic carbocycles. The molecule has 1 aromatic rings. The summed E-state index contributed by atoms with van der Waals surface area (Å²) in [4.78, 5) is 10.1. The van der Waals surface area contributed by atoms with Crippen molar-refractivity contribution >= 4 is 16.0 Å². The van der Waals surface area contributed by atoms with Crippen molar-refractivity contribution in [3.8, 4) is 0 Å². The number of hydrogen-bond donors (Lipinski definition) is 2. The van der Waals surface area contributed by atoms with Gasteiger partial charge in [0.15, 0.2) is 0 Å². The van der Waals surface area contributed by atoms with Crippen molar-refractivity contribution in [2.75, 3.05) is 0 Å². The molecule has 0 spiro atoms. The first-order valence-corrected chi connectivity index (χ1v) is 7.31. The summed E-state index contributed by atoms with van der Waals surface area (Å²) >= 11 is 0. The van der Waals surface area contributed by atoms with Crippen molar-refractivity contribution < 1.29 is 31.5 Å². The van der Waals surface area contributed by atoms with E-state index in [1.807, 2.05) is 4.72 Å². The Labute approximate surface area is 118 Å². The predicted molar refractivity (Wildman–Crippen MR) is 64.9 cm³/mol. The third kappa shape index (κ3) is 6.12. The minimum atomic E-state index is -4.48. The molecule has 120 valence electrons. The number of sulfonamides is 1. The van der Waals surface area contributed by atoms with Gasteiger partial charge in [0.2, 0.25) is 10.0 Å². The van der Waals surface area contributed by atoms with E-state index < -0.39 is 34.6 Å². The fourth-order valence-corrected chi connectivity index (χ4v) is 2.73. The number of carboxylic acids is 1. The zero-order valence-corrected chi connectivity index (χ0v) is 11.8. The van der Waals surface area contributed by atoms with Crippen LogP contribution in [-0.4, -0.2) is 41.5 Å². The summed E-state index contributed by atoms with van der Waals surface area (Å²) in [5, 5.41) is 12.1. The van der Waals surface area contributed by atoms with Crippen LogP contribution >= 0.6 is 0 Å². The topological polar surface area (TPSA) is 101 Å². The molecule has 0 amide bonds. The van der Waals surface area contributed by atoms with Gasteiger partial charge in [-0.1, -0.05) is 0 Å². The van der Waals surface area contributed by atoms with E-state index in [0.29, 0.717) is 0 Å². The Morgan fingerprint density at radius 3 is 2.67 bits per heavy atom. The number of carbonyl (C=O) groups is 1. The van der Waals surface area contributed by atoms with Crippen molar-refractivity contribution in [1.82, 2.24) is 14.5 Å². The molecule has 11 heteroatoms. The van der Waals surface area contributed by atoms with Crippen molar-refractivity contribution in [3.63, 3.8) is 0 Å². The summed E-state index contributed by atoms with van der Waals surface area (Å²) in [5.41, 5.74) is 0. The third-order valence-corrected chi connectivity index (χ3v) is 3.91. The predicted octanol–water partition coefficient (Wildman–Crippen LogP) is 0.977. The molecule has 0 bridgehead atoms. The summed E-state index contributed by atoms with van der Waals surface area (Å²) < 4.78 is 63.1. The second-order valence-electron chi connectivity index (χ2n) is 4.42. The van der Waals surface area contributed by atoms with Crippen LogP contribution in [0.5, 0.6) is 0 Å². The molecule has 1 aromatic heterocycles. The molecule has 1 unspecified atom stereocenters. The van der Waals surface area contributed by atoms with Gasteiger partial charge in [-0.25, -0.2) is 13.1 Å². The van der Waals surface area contributed by atoms with E-state index in [1.165, 1.54) is 0 Å². The lowest BCUT2D eigenvalue weighted by Crippen LogP contribution is -2.35. The highest BCUT2D eigenvalue weighted by atomic mass is 32.2. The van der Waals surface area contributed by atoms with E-state index in [1.54, 1.807) is 0 Å². The van der Waals surface area contributed by atoms with Crippen LogP contribution in [-0.2, 0) is 21.4 Å². The van der Waals surface area contributed by atoms with E-state index in [4.69, 9.17) is 5.11 Å². The zero-order chi connectivity index (χ0) is 16.3. The van der Waals surface area contributed by atoms with Crippen LogP contribution in [0, 0.1) is 0 Å². The van der Waals surface area contributed by atoms with E-state index in [9.17, 15) is 26.4 Å². The fourth-order valence-electron chi connectivity index (χ4n) is 1.54. The first-order valence-electron chi connectivity index (χ1n) is 5.83. The van der Waals surface area contributed by atoms with Crippen LogP contribution in [0.25, 0.3) is 0 Å². The van der Waals surface area contributed by atoms with Gasteiger partial charge in [0.1, 0.15) is 4.90 Å². The maximum Gasteiger partial charge on any atom is 0.390 e. The SMILES string of the molecule is CC(CC(F)(F)F)NS(=O)(=O)c1cnn(CCC(=O)O)c1. The Balaban J connectivity index is 2.72. The standard InChI is InChI=1S/C10H14F3N3O4S/c1-7(4-10(11,12)13)15-21(19,20)8-5-14-16(6-8)3-2-9(17)18/h5-7,15H,2-4H2,1H3,(H,17,18). The molecular weight excluding hydrogens is 315 g/mol. The molecule has 0 aromatic carbocycles. The molecule has 21 heavy (non-hydrogen) atoms. The minimum Gasteiger partial charge on any atom is -0.481 e. The number of rotatable bonds is 7. The average Bonchev–Trinajstić information content (AvgIpc) is 2.71. The lowest BCUT2D eigenvalue weighted by atomic mass is 10.2. The Morgan fingerprint density at radius 2 is 2.14 bits per heavy atom. The number of aliphatic carboxylic acids is 1. The number of halogens is 3. The number of aryl methyl sites for hydroxylation is 1. The van der Waals surface area contributed by atoms with Crippen LogP contribution < -0.4 is 4.72 Å². The second kappa shape index (κ2) is 6.43. The van der Waals surface area contributed by atoms with Crippen LogP contribution in [0.1, 0.15) is 19.8 Å². The van der Waals surface area contributed by atoms with Gasteiger partial charge in [0, 0.05) is 12.2 Å². The molecule has 2 N–H and O–H groups in total. The number of hydrogen-bond acceptors (Lipinski definition) is 4. The van der Waals surface area contributed by atoms with Gasteiger partial charge in [-0.05, 0) is 6.92 Å². The normalized spacial score (nSPS) is 14.1. The molecule has 1 heterocycles. The molecule has 1 atom stereocenters. The van der Waals surface area contributed by atoms with E-state index in [-0.39, 0.29) is 17.9 Å². The van der Waals surface area contributed by atoms with Gasteiger partial charge in [-0.2, -0.15) is 18.3 Å². The summed E-state index contributed by atoms with van der Waals surface area (Å²) in [6.45, 7) is 1.06. The molecule has 7 nitrogen and oxygen atoms in total. The molecule has 0 aliphatic rings. The minimum absolute atomic E-state index is 0.0387. The van der Waals surface area contributed by atoms with Gasteiger partial charge < -0.3 is 5.11 Å². The number of carboxylic acid groups (broad SMARTS) is 1. The summed E-state index contributed by atoms with van der Waals surface area (Å²) in [6.07, 6.45) is -4.01. The monoisotopic (exact) mass is 329 g/mol. The third-order valence-electron chi connectivity index (χ3n) is 2.37. The van der Waals surface area contributed by atoms with Crippen molar-refractivity contribution in [3.05, 3.63) is 12.4 Å². The maximum absolute atomic E-state index is 12.2. The quantitative estimate of drug-likeness (QED) is 0.776. The Bertz CT molecular complexity index is 597. The largest absolute Gasteiger partial charge is 0.481 e. The highest BCUT2D eigenvalue weighted by Crippen LogP contribution is 2.22. The van der Waals surface area contributed by atoms with Crippen molar-refractivity contribution in [2.45, 2.75) is 43.4 Å². The van der Waals surface area contributed by atoms with Crippen LogP contribution in [0.3, 0.4) is 0 Å². The number of aromatic nitrogens is 2. The highest BCUT2D eigenvalue weighted by molar-refractivity contribution is 7.89.